The van der Waals surface area contributed by atoms with Gasteiger partial charge in [0, 0.05) is 18.4 Å². The Kier molecular flexibility index (Phi) is 10.2. The lowest BCUT2D eigenvalue weighted by Crippen LogP contribution is -2.28. The minimum Gasteiger partial charge on any atom is -0.350 e. The molecule has 0 fully saturated rings. The van der Waals surface area contributed by atoms with Gasteiger partial charge in [0.25, 0.3) is 6.43 Å². The summed E-state index contributed by atoms with van der Waals surface area (Å²) in [6.07, 6.45) is -5.91. The lowest BCUT2D eigenvalue weighted by Gasteiger charge is -2.18. The largest absolute Gasteiger partial charge is 0.399 e. The number of carbonyl (C=O) groups is 2. The number of hydrogen-bond donors (Lipinski definition) is 1. The van der Waals surface area contributed by atoms with Crippen molar-refractivity contribution in [2.45, 2.75) is 31.4 Å². The van der Waals surface area contributed by atoms with Crippen molar-refractivity contribution < 1.29 is 31.5 Å². The van der Waals surface area contributed by atoms with Crippen LogP contribution in [0.15, 0.2) is 36.4 Å². The predicted octanol–water partition coefficient (Wildman–Crippen LogP) is 8.00. The highest BCUT2D eigenvalue weighted by Crippen LogP contribution is 2.41. The molecular formula is C22H16Cl4F5NO2. The molecule has 2 rings (SSSR count). The van der Waals surface area contributed by atoms with Crippen LogP contribution >= 0.6 is 46.4 Å². The molecule has 2 aromatic rings. The van der Waals surface area contributed by atoms with Crippen LogP contribution in [0.25, 0.3) is 6.08 Å². The zero-order valence-corrected chi connectivity index (χ0v) is 20.1. The molecule has 0 saturated carbocycles. The summed E-state index contributed by atoms with van der Waals surface area (Å²) in [7, 11) is 0. The van der Waals surface area contributed by atoms with Gasteiger partial charge in [-0.05, 0) is 35.4 Å². The highest BCUT2D eigenvalue weighted by atomic mass is 35.5. The number of amides is 1. The maximum absolute atomic E-state index is 13.7. The summed E-state index contributed by atoms with van der Waals surface area (Å²) in [4.78, 5) is 23.8. The van der Waals surface area contributed by atoms with Gasteiger partial charge in [-0.2, -0.15) is 13.2 Å². The van der Waals surface area contributed by atoms with Crippen molar-refractivity contribution in [1.82, 2.24) is 5.32 Å². The molecule has 0 aromatic heterocycles. The summed E-state index contributed by atoms with van der Waals surface area (Å²) in [5.41, 5.74) is 0.104. The molecule has 0 aliphatic carbocycles. The number of Topliss-reactive ketones (excluding diaryl/α,β-unsaturated/α-hetero) is 1. The van der Waals surface area contributed by atoms with Crippen LogP contribution in [-0.2, 0) is 4.79 Å². The Bertz CT molecular complexity index is 1070. The van der Waals surface area contributed by atoms with Crippen LogP contribution in [0.5, 0.6) is 0 Å². The Morgan fingerprint density at radius 1 is 0.941 bits per heavy atom. The normalized spacial score (nSPS) is 12.9. The van der Waals surface area contributed by atoms with Crippen molar-refractivity contribution in [3.63, 3.8) is 0 Å². The van der Waals surface area contributed by atoms with Gasteiger partial charge < -0.3 is 5.32 Å². The molecular weight excluding hydrogens is 547 g/mol. The first-order valence-electron chi connectivity index (χ1n) is 9.56. The third kappa shape index (κ3) is 8.12. The van der Waals surface area contributed by atoms with E-state index in [1.165, 1.54) is 24.3 Å². The number of benzene rings is 2. The molecule has 12 heteroatoms. The van der Waals surface area contributed by atoms with E-state index in [1.807, 2.05) is 5.32 Å². The molecule has 1 atom stereocenters. The number of carbonyl (C=O) groups excluding carboxylic acids is 2. The Hall–Kier alpha value is -1.87. The zero-order valence-electron chi connectivity index (χ0n) is 17.0. The molecule has 34 heavy (non-hydrogen) atoms. The molecule has 3 nitrogen and oxygen atoms in total. The van der Waals surface area contributed by atoms with Crippen LogP contribution in [0, 0.1) is 0 Å². The van der Waals surface area contributed by atoms with Crippen molar-refractivity contribution in [3.8, 4) is 0 Å². The summed E-state index contributed by atoms with van der Waals surface area (Å²) in [6, 6.07) is 6.12. The van der Waals surface area contributed by atoms with Crippen LogP contribution in [0.4, 0.5) is 22.0 Å². The minimum atomic E-state index is -4.67. The summed E-state index contributed by atoms with van der Waals surface area (Å²) in [6.45, 7) is -0.817. The monoisotopic (exact) mass is 561 g/mol. The molecule has 1 unspecified atom stereocenters. The van der Waals surface area contributed by atoms with Crippen molar-refractivity contribution in [2.75, 3.05) is 6.54 Å². The smallest absolute Gasteiger partial charge is 0.350 e. The second kappa shape index (κ2) is 12.2. The number of rotatable bonds is 9. The van der Waals surface area contributed by atoms with Crippen LogP contribution in [0.3, 0.4) is 0 Å². The van der Waals surface area contributed by atoms with Gasteiger partial charge in [-0.3, -0.25) is 9.59 Å². The molecule has 0 spiro atoms. The first kappa shape index (κ1) is 28.4. The van der Waals surface area contributed by atoms with E-state index in [-0.39, 0.29) is 49.6 Å². The second-order valence-electron chi connectivity index (χ2n) is 7.03. The van der Waals surface area contributed by atoms with Gasteiger partial charge in [-0.1, -0.05) is 64.6 Å². The first-order valence-corrected chi connectivity index (χ1v) is 11.1. The Balaban J connectivity index is 2.17. The SMILES string of the molecule is O=C(CCC(=O)c1ccc(/C=C/C(c2cc(Cl)c(Cl)c(Cl)c2)C(F)(F)F)cc1Cl)NCC(F)F. The van der Waals surface area contributed by atoms with E-state index in [0.29, 0.717) is 0 Å². The number of nitrogens with one attached hydrogen (secondary N) is 1. The highest BCUT2D eigenvalue weighted by molar-refractivity contribution is 6.48. The third-order valence-corrected chi connectivity index (χ3v) is 6.03. The van der Waals surface area contributed by atoms with E-state index in [1.54, 1.807) is 0 Å². The molecule has 0 bridgehead atoms. The summed E-state index contributed by atoms with van der Waals surface area (Å²) in [5.74, 6) is -3.29. The zero-order chi connectivity index (χ0) is 25.6. The Morgan fingerprint density at radius 3 is 2.09 bits per heavy atom. The van der Waals surface area contributed by atoms with Gasteiger partial charge in [0.05, 0.1) is 32.6 Å². The number of ketones is 1. The fourth-order valence-electron chi connectivity index (χ4n) is 2.87. The quantitative estimate of drug-likeness (QED) is 0.191. The van der Waals surface area contributed by atoms with Crippen molar-refractivity contribution in [3.05, 3.63) is 73.2 Å². The summed E-state index contributed by atoms with van der Waals surface area (Å²) < 4.78 is 65.1. The Morgan fingerprint density at radius 2 is 1.56 bits per heavy atom. The van der Waals surface area contributed by atoms with Crippen molar-refractivity contribution >= 4 is 64.2 Å². The van der Waals surface area contributed by atoms with Crippen LogP contribution < -0.4 is 5.32 Å². The van der Waals surface area contributed by atoms with Gasteiger partial charge in [0.2, 0.25) is 5.91 Å². The maximum atomic E-state index is 13.7. The predicted molar refractivity (Wildman–Crippen MR) is 123 cm³/mol. The van der Waals surface area contributed by atoms with Gasteiger partial charge in [0.1, 0.15) is 0 Å². The maximum Gasteiger partial charge on any atom is 0.399 e. The van der Waals surface area contributed by atoms with Gasteiger partial charge >= 0.3 is 6.18 Å². The van der Waals surface area contributed by atoms with E-state index in [9.17, 15) is 31.5 Å². The van der Waals surface area contributed by atoms with E-state index in [0.717, 1.165) is 18.2 Å². The topological polar surface area (TPSA) is 46.2 Å². The van der Waals surface area contributed by atoms with E-state index in [4.69, 9.17) is 46.4 Å². The van der Waals surface area contributed by atoms with E-state index in [2.05, 4.69) is 0 Å². The number of halogens is 9. The number of alkyl halides is 5. The molecule has 184 valence electrons. The fraction of sp³-hybridized carbons (Fsp3) is 0.273. The standard InChI is InChI=1S/C22H16Cl4F5NO2/c23-15-7-11(1-3-13(15)18(33)5-6-20(34)32-10-19(27)28)2-4-14(22(29,30)31)12-8-16(24)21(26)17(25)9-12/h1-4,7-9,14,19H,5-6,10H2,(H,32,34)/b4-2+. The lowest BCUT2D eigenvalue weighted by atomic mass is 9.96. The van der Waals surface area contributed by atoms with Gasteiger partial charge in [-0.25, -0.2) is 8.78 Å². The minimum absolute atomic E-state index is 0.0405. The average Bonchev–Trinajstić information content (AvgIpc) is 2.73. The lowest BCUT2D eigenvalue weighted by molar-refractivity contribution is -0.139. The fourth-order valence-corrected chi connectivity index (χ4v) is 3.78. The highest BCUT2D eigenvalue weighted by Gasteiger charge is 2.39. The Labute approximate surface area is 211 Å². The second-order valence-corrected chi connectivity index (χ2v) is 8.63. The molecule has 2 aromatic carbocycles. The summed E-state index contributed by atoms with van der Waals surface area (Å²) in [5, 5.41) is 1.63. The van der Waals surface area contributed by atoms with Gasteiger partial charge in [0.15, 0.2) is 5.78 Å². The molecule has 1 N–H and O–H groups in total. The number of hydrogen-bond acceptors (Lipinski definition) is 2. The first-order chi connectivity index (χ1) is 15.8. The molecule has 0 aliphatic heterocycles. The molecule has 0 heterocycles. The van der Waals surface area contributed by atoms with Crippen molar-refractivity contribution in [1.29, 1.82) is 0 Å². The van der Waals surface area contributed by atoms with Crippen LogP contribution in [-0.4, -0.2) is 30.8 Å². The number of allylic oxidation sites excluding steroid dienone is 1. The van der Waals surface area contributed by atoms with E-state index >= 15 is 0 Å². The molecule has 0 saturated heterocycles. The third-order valence-electron chi connectivity index (χ3n) is 4.53. The molecule has 0 aliphatic rings. The average molecular weight is 563 g/mol. The van der Waals surface area contributed by atoms with Crippen LogP contribution in [0.2, 0.25) is 20.1 Å². The van der Waals surface area contributed by atoms with Crippen LogP contribution in [0.1, 0.15) is 40.2 Å². The summed E-state index contributed by atoms with van der Waals surface area (Å²) >= 11 is 23.6. The van der Waals surface area contributed by atoms with E-state index < -0.39 is 36.8 Å². The van der Waals surface area contributed by atoms with Crippen molar-refractivity contribution in [2.24, 2.45) is 0 Å². The molecule has 1 amide bonds. The molecule has 0 radical (unpaired) electrons. The van der Waals surface area contributed by atoms with Gasteiger partial charge in [-0.15, -0.1) is 0 Å².